The lowest BCUT2D eigenvalue weighted by atomic mass is 10.0. The van der Waals surface area contributed by atoms with Gasteiger partial charge in [-0.2, -0.15) is 0 Å². The number of piperazine rings is 1. The van der Waals surface area contributed by atoms with Crippen LogP contribution in [0.5, 0.6) is 0 Å². The molecule has 1 aliphatic heterocycles. The van der Waals surface area contributed by atoms with Crippen LogP contribution in [0.15, 0.2) is 60.7 Å². The van der Waals surface area contributed by atoms with E-state index in [0.29, 0.717) is 6.61 Å². The number of carbonyl (C=O) groups is 1. The second-order valence-corrected chi connectivity index (χ2v) is 7.09. The highest BCUT2D eigenvalue weighted by Gasteiger charge is 2.29. The number of aryl methyl sites for hydroxylation is 1. The van der Waals surface area contributed by atoms with Gasteiger partial charge in [-0.15, -0.1) is 0 Å². The summed E-state index contributed by atoms with van der Waals surface area (Å²) in [5.74, 6) is -0.0788. The van der Waals surface area contributed by atoms with Gasteiger partial charge in [0.2, 0.25) is 0 Å². The summed E-state index contributed by atoms with van der Waals surface area (Å²) in [4.78, 5) is 17.3. The molecule has 0 spiro atoms. The van der Waals surface area contributed by atoms with Crippen molar-refractivity contribution in [2.24, 2.45) is 0 Å². The molecule has 0 amide bonds. The SMILES string of the molecule is CCOC(=O)C(CCc1ccccc1)N1CCN(Cc2ccccc2)CC1. The third-order valence-electron chi connectivity index (χ3n) is 5.20. The average molecular weight is 367 g/mol. The Labute approximate surface area is 162 Å². The predicted octanol–water partition coefficient (Wildman–Crippen LogP) is 3.37. The molecule has 144 valence electrons. The summed E-state index contributed by atoms with van der Waals surface area (Å²) in [5.41, 5.74) is 2.62. The maximum atomic E-state index is 12.6. The van der Waals surface area contributed by atoms with Crippen molar-refractivity contribution in [3.05, 3.63) is 71.8 Å². The molecular weight excluding hydrogens is 336 g/mol. The molecule has 1 unspecified atom stereocenters. The maximum Gasteiger partial charge on any atom is 0.323 e. The molecule has 2 aromatic carbocycles. The molecule has 0 bridgehead atoms. The van der Waals surface area contributed by atoms with E-state index in [0.717, 1.165) is 45.6 Å². The van der Waals surface area contributed by atoms with Crippen LogP contribution < -0.4 is 0 Å². The lowest BCUT2D eigenvalue weighted by molar-refractivity contribution is -0.150. The van der Waals surface area contributed by atoms with E-state index in [9.17, 15) is 4.79 Å². The number of nitrogens with zero attached hydrogens (tertiary/aromatic N) is 2. The first kappa shape index (κ1) is 19.6. The molecule has 1 atom stereocenters. The minimum Gasteiger partial charge on any atom is -0.465 e. The topological polar surface area (TPSA) is 32.8 Å². The van der Waals surface area contributed by atoms with E-state index in [1.807, 2.05) is 13.0 Å². The number of esters is 1. The summed E-state index contributed by atoms with van der Waals surface area (Å²) < 4.78 is 5.37. The zero-order valence-corrected chi connectivity index (χ0v) is 16.2. The number of ether oxygens (including phenoxy) is 1. The fourth-order valence-corrected chi connectivity index (χ4v) is 3.71. The smallest absolute Gasteiger partial charge is 0.323 e. The number of rotatable bonds is 8. The van der Waals surface area contributed by atoms with Crippen molar-refractivity contribution in [2.75, 3.05) is 32.8 Å². The number of carbonyl (C=O) groups excluding carboxylic acids is 1. The first-order chi connectivity index (χ1) is 13.3. The molecule has 0 N–H and O–H groups in total. The highest BCUT2D eigenvalue weighted by atomic mass is 16.5. The van der Waals surface area contributed by atoms with E-state index >= 15 is 0 Å². The molecule has 3 rings (SSSR count). The molecule has 1 heterocycles. The second kappa shape index (κ2) is 10.2. The van der Waals surface area contributed by atoms with Crippen molar-refractivity contribution in [3.8, 4) is 0 Å². The van der Waals surface area contributed by atoms with E-state index < -0.39 is 0 Å². The Hall–Kier alpha value is -2.17. The Bertz CT molecular complexity index is 682. The standard InChI is InChI=1S/C23H30N2O2/c1-2-27-23(26)22(14-13-20-9-5-3-6-10-20)25-17-15-24(16-18-25)19-21-11-7-4-8-12-21/h3-12,22H,2,13-19H2,1H3. The van der Waals surface area contributed by atoms with Gasteiger partial charge in [-0.1, -0.05) is 60.7 Å². The van der Waals surface area contributed by atoms with Crippen LogP contribution in [0.4, 0.5) is 0 Å². The van der Waals surface area contributed by atoms with Crippen LogP contribution in [-0.4, -0.2) is 54.6 Å². The van der Waals surface area contributed by atoms with Crippen LogP contribution in [0, 0.1) is 0 Å². The van der Waals surface area contributed by atoms with Gasteiger partial charge >= 0.3 is 5.97 Å². The molecular formula is C23H30N2O2. The predicted molar refractivity (Wildman–Crippen MR) is 108 cm³/mol. The number of hydrogen-bond acceptors (Lipinski definition) is 4. The van der Waals surface area contributed by atoms with E-state index in [4.69, 9.17) is 4.74 Å². The minimum absolute atomic E-state index is 0.0788. The molecule has 2 aromatic rings. The fourth-order valence-electron chi connectivity index (χ4n) is 3.71. The van der Waals surface area contributed by atoms with Crippen LogP contribution >= 0.6 is 0 Å². The Balaban J connectivity index is 1.55. The first-order valence-corrected chi connectivity index (χ1v) is 9.97. The van der Waals surface area contributed by atoms with Gasteiger partial charge in [0.1, 0.15) is 6.04 Å². The molecule has 0 aromatic heterocycles. The normalized spacial score (nSPS) is 16.8. The molecule has 0 radical (unpaired) electrons. The van der Waals surface area contributed by atoms with Gasteiger partial charge in [-0.25, -0.2) is 0 Å². The summed E-state index contributed by atoms with van der Waals surface area (Å²) in [5, 5.41) is 0. The van der Waals surface area contributed by atoms with Gasteiger partial charge in [-0.3, -0.25) is 14.6 Å². The molecule has 1 aliphatic rings. The van der Waals surface area contributed by atoms with Crippen molar-refractivity contribution in [2.45, 2.75) is 32.4 Å². The molecule has 4 nitrogen and oxygen atoms in total. The van der Waals surface area contributed by atoms with Crippen molar-refractivity contribution >= 4 is 5.97 Å². The van der Waals surface area contributed by atoms with Crippen LogP contribution in [0.2, 0.25) is 0 Å². The molecule has 0 saturated carbocycles. The third kappa shape index (κ3) is 5.91. The Morgan fingerprint density at radius 2 is 1.52 bits per heavy atom. The largest absolute Gasteiger partial charge is 0.465 e. The number of hydrogen-bond donors (Lipinski definition) is 0. The molecule has 1 fully saturated rings. The van der Waals surface area contributed by atoms with Crippen LogP contribution in [-0.2, 0) is 22.5 Å². The van der Waals surface area contributed by atoms with E-state index in [1.54, 1.807) is 0 Å². The van der Waals surface area contributed by atoms with Crippen molar-refractivity contribution in [1.29, 1.82) is 0 Å². The van der Waals surface area contributed by atoms with Gasteiger partial charge in [-0.05, 0) is 30.9 Å². The van der Waals surface area contributed by atoms with Crippen molar-refractivity contribution in [3.63, 3.8) is 0 Å². The van der Waals surface area contributed by atoms with Gasteiger partial charge in [0.05, 0.1) is 6.61 Å². The maximum absolute atomic E-state index is 12.6. The third-order valence-corrected chi connectivity index (χ3v) is 5.20. The first-order valence-electron chi connectivity index (χ1n) is 9.97. The molecule has 4 heteroatoms. The Morgan fingerprint density at radius 3 is 2.11 bits per heavy atom. The zero-order valence-electron chi connectivity index (χ0n) is 16.2. The molecule has 0 aliphatic carbocycles. The van der Waals surface area contributed by atoms with Crippen LogP contribution in [0.25, 0.3) is 0 Å². The summed E-state index contributed by atoms with van der Waals surface area (Å²) in [6.07, 6.45) is 1.70. The van der Waals surface area contributed by atoms with E-state index in [1.165, 1.54) is 11.1 Å². The summed E-state index contributed by atoms with van der Waals surface area (Å²) in [6.45, 7) is 7.07. The zero-order chi connectivity index (χ0) is 18.9. The lowest BCUT2D eigenvalue weighted by Crippen LogP contribution is -2.52. The summed E-state index contributed by atoms with van der Waals surface area (Å²) >= 11 is 0. The Kier molecular flexibility index (Phi) is 7.43. The highest BCUT2D eigenvalue weighted by molar-refractivity contribution is 5.75. The van der Waals surface area contributed by atoms with Gasteiger partial charge in [0, 0.05) is 32.7 Å². The average Bonchev–Trinajstić information content (AvgIpc) is 2.71. The van der Waals surface area contributed by atoms with Gasteiger partial charge in [0.15, 0.2) is 0 Å². The fraction of sp³-hybridized carbons (Fsp3) is 0.435. The van der Waals surface area contributed by atoms with Crippen LogP contribution in [0.3, 0.4) is 0 Å². The summed E-state index contributed by atoms with van der Waals surface area (Å²) in [6, 6.07) is 20.8. The quantitative estimate of drug-likeness (QED) is 0.671. The molecule has 1 saturated heterocycles. The van der Waals surface area contributed by atoms with Gasteiger partial charge in [0.25, 0.3) is 0 Å². The van der Waals surface area contributed by atoms with Crippen LogP contribution in [0.1, 0.15) is 24.5 Å². The highest BCUT2D eigenvalue weighted by Crippen LogP contribution is 2.16. The minimum atomic E-state index is -0.149. The van der Waals surface area contributed by atoms with Gasteiger partial charge < -0.3 is 4.74 Å². The monoisotopic (exact) mass is 366 g/mol. The van der Waals surface area contributed by atoms with Crippen molar-refractivity contribution < 1.29 is 9.53 Å². The Morgan fingerprint density at radius 1 is 0.926 bits per heavy atom. The summed E-state index contributed by atoms with van der Waals surface area (Å²) in [7, 11) is 0. The second-order valence-electron chi connectivity index (χ2n) is 7.09. The lowest BCUT2D eigenvalue weighted by Gasteiger charge is -2.38. The number of benzene rings is 2. The van der Waals surface area contributed by atoms with E-state index in [-0.39, 0.29) is 12.0 Å². The van der Waals surface area contributed by atoms with E-state index in [2.05, 4.69) is 64.4 Å². The molecule has 27 heavy (non-hydrogen) atoms. The van der Waals surface area contributed by atoms with Crippen molar-refractivity contribution in [1.82, 2.24) is 9.80 Å².